The van der Waals surface area contributed by atoms with Crippen molar-refractivity contribution in [1.82, 2.24) is 0 Å². The monoisotopic (exact) mass is 774 g/mol. The molecule has 3 rings (SSSR count). The SMILES string of the molecule is C=C(C)C(=O)OCCCc1cc(-c2ccc3cc(CCCCC)ccc3c2)ccc1OCC(COC(=O)C(=C)C)(COC(=O)C(=O)OC)COC(=O)C(=O)OC. The highest BCUT2D eigenvalue weighted by Crippen LogP contribution is 2.32. The number of hydrogen-bond donors (Lipinski definition) is 0. The highest BCUT2D eigenvalue weighted by atomic mass is 16.6. The molecule has 3 aromatic carbocycles. The number of aryl methyl sites for hydroxylation is 2. The van der Waals surface area contributed by atoms with E-state index in [1.807, 2.05) is 18.2 Å². The first-order valence-corrected chi connectivity index (χ1v) is 18.2. The average molecular weight is 775 g/mol. The molecule has 0 fully saturated rings. The molecule has 0 heterocycles. The van der Waals surface area contributed by atoms with Crippen LogP contribution in [0.5, 0.6) is 5.75 Å². The van der Waals surface area contributed by atoms with Crippen LogP contribution < -0.4 is 4.74 Å². The summed E-state index contributed by atoms with van der Waals surface area (Å²) >= 11 is 0. The zero-order valence-corrected chi connectivity index (χ0v) is 32.7. The third-order valence-corrected chi connectivity index (χ3v) is 8.65. The van der Waals surface area contributed by atoms with E-state index in [1.54, 1.807) is 13.0 Å². The van der Waals surface area contributed by atoms with E-state index in [1.165, 1.54) is 18.9 Å². The minimum Gasteiger partial charge on any atom is -0.492 e. The maximum atomic E-state index is 12.5. The number of ether oxygens (including phenoxy) is 7. The molecule has 13 nitrogen and oxygen atoms in total. The number of unbranched alkanes of at least 4 members (excludes halogenated alkanes) is 2. The average Bonchev–Trinajstić information content (AvgIpc) is 3.20. The Labute approximate surface area is 326 Å². The van der Waals surface area contributed by atoms with E-state index >= 15 is 0 Å². The molecule has 3 aromatic rings. The van der Waals surface area contributed by atoms with Gasteiger partial charge in [0.15, 0.2) is 0 Å². The first-order valence-electron chi connectivity index (χ1n) is 18.2. The van der Waals surface area contributed by atoms with E-state index in [0.29, 0.717) is 24.2 Å². The highest BCUT2D eigenvalue weighted by molar-refractivity contribution is 6.30. The van der Waals surface area contributed by atoms with Crippen LogP contribution in [0.15, 0.2) is 78.9 Å². The van der Waals surface area contributed by atoms with Gasteiger partial charge in [0.05, 0.1) is 20.8 Å². The van der Waals surface area contributed by atoms with Gasteiger partial charge in [-0.3, -0.25) is 0 Å². The molecule has 0 atom stereocenters. The lowest BCUT2D eigenvalue weighted by Crippen LogP contribution is -2.45. The molecule has 0 radical (unpaired) electrons. The third-order valence-electron chi connectivity index (χ3n) is 8.65. The Bertz CT molecular complexity index is 1890. The van der Waals surface area contributed by atoms with E-state index in [4.69, 9.17) is 23.7 Å². The van der Waals surface area contributed by atoms with Gasteiger partial charge in [0.1, 0.15) is 37.6 Å². The van der Waals surface area contributed by atoms with Gasteiger partial charge in [-0.25, -0.2) is 28.8 Å². The molecule has 0 aliphatic rings. The second kappa shape index (κ2) is 21.8. The number of rotatable bonds is 20. The molecule has 0 spiro atoms. The first kappa shape index (κ1) is 44.4. The van der Waals surface area contributed by atoms with E-state index < -0.39 is 67.7 Å². The van der Waals surface area contributed by atoms with Crippen molar-refractivity contribution in [3.63, 3.8) is 0 Å². The summed E-state index contributed by atoms with van der Waals surface area (Å²) in [4.78, 5) is 73.0. The third kappa shape index (κ3) is 13.4. The van der Waals surface area contributed by atoms with Crippen molar-refractivity contribution in [2.75, 3.05) is 47.3 Å². The lowest BCUT2D eigenvalue weighted by Gasteiger charge is -2.32. The molecular formula is C43H50O13. The Kier molecular flexibility index (Phi) is 17.3. The fraction of sp³-hybridized carbons (Fsp3) is 0.395. The molecule has 300 valence electrons. The summed E-state index contributed by atoms with van der Waals surface area (Å²) < 4.78 is 36.3. The summed E-state index contributed by atoms with van der Waals surface area (Å²) in [5.41, 5.74) is 2.46. The molecule has 0 saturated heterocycles. The standard InChI is InChI=1S/C43H50O13/c1-8-9-10-12-30-14-15-32-22-33(17-16-31(32)21-30)34-18-19-36(35(23-34)13-11-20-52-37(44)28(2)3)53-24-43(25-54-38(45)29(4)5,26-55-41(48)39(46)50-6)27-56-42(49)40(47)51-7/h14-19,21-23H,2,4,8-13,20,24-27H2,1,3,5-7H3. The van der Waals surface area contributed by atoms with Crippen LogP contribution in [0, 0.1) is 5.41 Å². The van der Waals surface area contributed by atoms with Crippen molar-refractivity contribution in [2.45, 2.75) is 59.3 Å². The molecular weight excluding hydrogens is 724 g/mol. The highest BCUT2D eigenvalue weighted by Gasteiger charge is 2.39. The van der Waals surface area contributed by atoms with Crippen LogP contribution in [0.3, 0.4) is 0 Å². The van der Waals surface area contributed by atoms with Gasteiger partial charge < -0.3 is 33.2 Å². The van der Waals surface area contributed by atoms with E-state index in [-0.39, 0.29) is 17.8 Å². The van der Waals surface area contributed by atoms with Gasteiger partial charge in [-0.2, -0.15) is 0 Å². The molecule has 0 aliphatic carbocycles. The number of benzene rings is 3. The number of fused-ring (bicyclic) bond motifs is 1. The topological polar surface area (TPSA) is 167 Å². The van der Waals surface area contributed by atoms with Crippen molar-refractivity contribution in [3.05, 3.63) is 90.0 Å². The van der Waals surface area contributed by atoms with Crippen LogP contribution in [0.25, 0.3) is 21.9 Å². The fourth-order valence-electron chi connectivity index (χ4n) is 5.40. The molecule has 13 heteroatoms. The number of carbonyl (C=O) groups is 6. The molecule has 0 N–H and O–H groups in total. The zero-order valence-electron chi connectivity index (χ0n) is 32.7. The summed E-state index contributed by atoms with van der Waals surface area (Å²) in [5, 5.41) is 2.21. The Morgan fingerprint density at radius 3 is 1.70 bits per heavy atom. The first-order chi connectivity index (χ1) is 26.7. The van der Waals surface area contributed by atoms with Crippen molar-refractivity contribution in [2.24, 2.45) is 5.41 Å². The molecule has 56 heavy (non-hydrogen) atoms. The number of hydrogen-bond acceptors (Lipinski definition) is 13. The van der Waals surface area contributed by atoms with Crippen LogP contribution in [0.2, 0.25) is 0 Å². The van der Waals surface area contributed by atoms with Crippen molar-refractivity contribution in [1.29, 1.82) is 0 Å². The van der Waals surface area contributed by atoms with Gasteiger partial charge in [0, 0.05) is 11.1 Å². The minimum atomic E-state index is -1.67. The summed E-state index contributed by atoms with van der Waals surface area (Å²) in [6.45, 7) is 10.1. The van der Waals surface area contributed by atoms with Crippen molar-refractivity contribution < 1.29 is 61.9 Å². The number of esters is 6. The molecule has 0 aromatic heterocycles. The predicted molar refractivity (Wildman–Crippen MR) is 206 cm³/mol. The van der Waals surface area contributed by atoms with E-state index in [9.17, 15) is 28.8 Å². The van der Waals surface area contributed by atoms with Gasteiger partial charge in [0.25, 0.3) is 0 Å². The lowest BCUT2D eigenvalue weighted by molar-refractivity contribution is -0.177. The smallest absolute Gasteiger partial charge is 0.417 e. The van der Waals surface area contributed by atoms with Crippen molar-refractivity contribution >= 4 is 46.6 Å². The van der Waals surface area contributed by atoms with Crippen LogP contribution in [0.1, 0.15) is 57.6 Å². The van der Waals surface area contributed by atoms with Crippen LogP contribution >= 0.6 is 0 Å². The Hall–Kier alpha value is -5.98. The summed E-state index contributed by atoms with van der Waals surface area (Å²) in [6.07, 6.45) is 5.30. The predicted octanol–water partition coefficient (Wildman–Crippen LogP) is 6.21. The van der Waals surface area contributed by atoms with Crippen LogP contribution in [-0.4, -0.2) is 83.1 Å². The Morgan fingerprint density at radius 2 is 1.11 bits per heavy atom. The van der Waals surface area contributed by atoms with Crippen LogP contribution in [0.4, 0.5) is 0 Å². The zero-order chi connectivity index (χ0) is 41.3. The van der Waals surface area contributed by atoms with Crippen molar-refractivity contribution in [3.8, 4) is 16.9 Å². The normalized spacial score (nSPS) is 10.9. The number of methoxy groups -OCH3 is 2. The second-order valence-corrected chi connectivity index (χ2v) is 13.5. The quantitative estimate of drug-likeness (QED) is 0.0419. The number of carbonyl (C=O) groups excluding carboxylic acids is 6. The molecule has 0 amide bonds. The Morgan fingerprint density at radius 1 is 0.571 bits per heavy atom. The van der Waals surface area contributed by atoms with Gasteiger partial charge in [-0.1, -0.05) is 69.3 Å². The van der Waals surface area contributed by atoms with E-state index in [2.05, 4.69) is 59.9 Å². The summed E-state index contributed by atoms with van der Waals surface area (Å²) in [5.74, 6) is -6.35. The van der Waals surface area contributed by atoms with Gasteiger partial charge >= 0.3 is 35.8 Å². The Balaban J connectivity index is 2.01. The fourth-order valence-corrected chi connectivity index (χ4v) is 5.40. The second-order valence-electron chi connectivity index (χ2n) is 13.5. The lowest BCUT2D eigenvalue weighted by atomic mass is 9.91. The van der Waals surface area contributed by atoms with Gasteiger partial charge in [-0.05, 0) is 90.8 Å². The molecule has 0 bridgehead atoms. The molecule has 0 saturated carbocycles. The van der Waals surface area contributed by atoms with Crippen LogP contribution in [-0.2, 0) is 70.0 Å². The van der Waals surface area contributed by atoms with Gasteiger partial charge in [0.2, 0.25) is 0 Å². The largest absolute Gasteiger partial charge is 0.492 e. The molecule has 0 unspecified atom stereocenters. The maximum Gasteiger partial charge on any atom is 0.417 e. The van der Waals surface area contributed by atoms with Gasteiger partial charge in [-0.15, -0.1) is 0 Å². The molecule has 0 aliphatic heterocycles. The summed E-state index contributed by atoms with van der Waals surface area (Å²) in [6, 6.07) is 18.2. The minimum absolute atomic E-state index is 0.0456. The maximum absolute atomic E-state index is 12.5. The summed E-state index contributed by atoms with van der Waals surface area (Å²) in [7, 11) is 1.97. The van der Waals surface area contributed by atoms with E-state index in [0.717, 1.165) is 55.4 Å².